The van der Waals surface area contributed by atoms with Crippen LogP contribution in [-0.4, -0.2) is 4.98 Å². The SMILES string of the molecule is Nc1ncccc1C(N)c1coc2ccccc12. The maximum absolute atomic E-state index is 6.25. The lowest BCUT2D eigenvalue weighted by atomic mass is 10.00. The molecule has 3 rings (SSSR count). The van der Waals surface area contributed by atoms with Crippen LogP contribution in [0.3, 0.4) is 0 Å². The molecule has 1 unspecified atom stereocenters. The summed E-state index contributed by atoms with van der Waals surface area (Å²) in [7, 11) is 0. The molecule has 18 heavy (non-hydrogen) atoms. The van der Waals surface area contributed by atoms with Crippen LogP contribution in [0.15, 0.2) is 53.3 Å². The highest BCUT2D eigenvalue weighted by molar-refractivity contribution is 5.82. The predicted molar refractivity (Wildman–Crippen MR) is 70.9 cm³/mol. The molecule has 0 aliphatic heterocycles. The average Bonchev–Trinajstić information content (AvgIpc) is 2.82. The summed E-state index contributed by atoms with van der Waals surface area (Å²) in [6.45, 7) is 0. The Morgan fingerprint density at radius 3 is 2.72 bits per heavy atom. The zero-order chi connectivity index (χ0) is 12.5. The Labute approximate surface area is 104 Å². The van der Waals surface area contributed by atoms with Gasteiger partial charge in [0.2, 0.25) is 0 Å². The molecule has 0 radical (unpaired) electrons. The minimum absolute atomic E-state index is 0.331. The molecule has 0 saturated carbocycles. The molecule has 0 fully saturated rings. The predicted octanol–water partition coefficient (Wildman–Crippen LogP) is 2.46. The zero-order valence-electron chi connectivity index (χ0n) is 9.71. The maximum atomic E-state index is 6.25. The molecule has 2 heterocycles. The van der Waals surface area contributed by atoms with Gasteiger partial charge in [-0.1, -0.05) is 24.3 Å². The van der Waals surface area contributed by atoms with Gasteiger partial charge in [-0.25, -0.2) is 4.98 Å². The van der Waals surface area contributed by atoms with E-state index < -0.39 is 0 Å². The summed E-state index contributed by atoms with van der Waals surface area (Å²) >= 11 is 0. The molecule has 1 aromatic carbocycles. The van der Waals surface area contributed by atoms with E-state index in [9.17, 15) is 0 Å². The Kier molecular flexibility index (Phi) is 2.50. The lowest BCUT2D eigenvalue weighted by molar-refractivity contribution is 0.607. The zero-order valence-corrected chi connectivity index (χ0v) is 9.71. The minimum Gasteiger partial charge on any atom is -0.464 e. The van der Waals surface area contributed by atoms with Gasteiger partial charge in [0, 0.05) is 22.7 Å². The highest BCUT2D eigenvalue weighted by Gasteiger charge is 2.17. The Balaban J connectivity index is 2.13. The minimum atomic E-state index is -0.331. The van der Waals surface area contributed by atoms with E-state index in [1.54, 1.807) is 12.5 Å². The van der Waals surface area contributed by atoms with E-state index in [0.717, 1.165) is 22.1 Å². The van der Waals surface area contributed by atoms with Gasteiger partial charge < -0.3 is 15.9 Å². The van der Waals surface area contributed by atoms with Gasteiger partial charge in [-0.05, 0) is 12.1 Å². The number of nitrogen functional groups attached to an aromatic ring is 1. The number of fused-ring (bicyclic) bond motifs is 1. The van der Waals surface area contributed by atoms with Crippen molar-refractivity contribution in [2.24, 2.45) is 5.73 Å². The van der Waals surface area contributed by atoms with Crippen molar-refractivity contribution >= 4 is 16.8 Å². The molecule has 90 valence electrons. The smallest absolute Gasteiger partial charge is 0.134 e. The van der Waals surface area contributed by atoms with Crippen LogP contribution in [0.4, 0.5) is 5.82 Å². The van der Waals surface area contributed by atoms with Crippen LogP contribution in [0.5, 0.6) is 0 Å². The van der Waals surface area contributed by atoms with Crippen molar-refractivity contribution in [3.05, 3.63) is 60.0 Å². The van der Waals surface area contributed by atoms with Gasteiger partial charge in [0.1, 0.15) is 11.4 Å². The normalized spacial score (nSPS) is 12.7. The van der Waals surface area contributed by atoms with Crippen LogP contribution >= 0.6 is 0 Å². The number of furan rings is 1. The molecule has 0 amide bonds. The molecule has 1 atom stereocenters. The molecule has 0 spiro atoms. The summed E-state index contributed by atoms with van der Waals surface area (Å²) in [4.78, 5) is 4.06. The van der Waals surface area contributed by atoms with Crippen LogP contribution in [0, 0.1) is 0 Å². The Morgan fingerprint density at radius 2 is 1.89 bits per heavy atom. The Bertz CT molecular complexity index is 690. The molecule has 0 aliphatic rings. The number of benzene rings is 1. The molecule has 4 nitrogen and oxygen atoms in total. The first kappa shape index (κ1) is 10.8. The fraction of sp³-hybridized carbons (Fsp3) is 0.0714. The second-order valence-electron chi connectivity index (χ2n) is 4.14. The first-order chi connectivity index (χ1) is 8.77. The summed E-state index contributed by atoms with van der Waals surface area (Å²) in [6.07, 6.45) is 3.33. The molecular weight excluding hydrogens is 226 g/mol. The number of para-hydroxylation sites is 1. The van der Waals surface area contributed by atoms with Crippen molar-refractivity contribution in [1.29, 1.82) is 0 Å². The number of nitrogens with two attached hydrogens (primary N) is 2. The quantitative estimate of drug-likeness (QED) is 0.720. The maximum Gasteiger partial charge on any atom is 0.134 e. The van der Waals surface area contributed by atoms with Crippen molar-refractivity contribution < 1.29 is 4.42 Å². The molecule has 0 bridgehead atoms. The Hall–Kier alpha value is -2.33. The third-order valence-electron chi connectivity index (χ3n) is 3.05. The summed E-state index contributed by atoms with van der Waals surface area (Å²) < 4.78 is 5.49. The van der Waals surface area contributed by atoms with Crippen LogP contribution in [0.25, 0.3) is 11.0 Å². The number of anilines is 1. The highest BCUT2D eigenvalue weighted by atomic mass is 16.3. The molecule has 4 N–H and O–H groups in total. The van der Waals surface area contributed by atoms with E-state index in [1.165, 1.54) is 0 Å². The van der Waals surface area contributed by atoms with Gasteiger partial charge in [-0.15, -0.1) is 0 Å². The fourth-order valence-corrected chi connectivity index (χ4v) is 2.10. The topological polar surface area (TPSA) is 78.1 Å². The molecular formula is C14H13N3O. The number of nitrogens with zero attached hydrogens (tertiary/aromatic N) is 1. The number of pyridine rings is 1. The van der Waals surface area contributed by atoms with E-state index in [2.05, 4.69) is 4.98 Å². The first-order valence-corrected chi connectivity index (χ1v) is 5.69. The first-order valence-electron chi connectivity index (χ1n) is 5.69. The standard InChI is InChI=1S/C14H13N3O/c15-13(10-5-3-7-17-14(10)16)11-8-18-12-6-2-1-4-9(11)12/h1-8,13H,15H2,(H2,16,17). The van der Waals surface area contributed by atoms with Crippen LogP contribution in [-0.2, 0) is 0 Å². The fourth-order valence-electron chi connectivity index (χ4n) is 2.10. The van der Waals surface area contributed by atoms with Crippen LogP contribution in [0.2, 0.25) is 0 Å². The van der Waals surface area contributed by atoms with Crippen molar-refractivity contribution in [3.63, 3.8) is 0 Å². The van der Waals surface area contributed by atoms with Gasteiger partial charge in [0.25, 0.3) is 0 Å². The van der Waals surface area contributed by atoms with Crippen molar-refractivity contribution in [1.82, 2.24) is 4.98 Å². The summed E-state index contributed by atoms with van der Waals surface area (Å²) in [5.41, 5.74) is 14.7. The van der Waals surface area contributed by atoms with Crippen molar-refractivity contribution in [2.75, 3.05) is 5.73 Å². The summed E-state index contributed by atoms with van der Waals surface area (Å²) in [6, 6.07) is 11.2. The van der Waals surface area contributed by atoms with E-state index >= 15 is 0 Å². The third kappa shape index (κ3) is 1.63. The molecule has 2 aromatic heterocycles. The van der Waals surface area contributed by atoms with Crippen molar-refractivity contribution in [2.45, 2.75) is 6.04 Å². The van der Waals surface area contributed by atoms with Gasteiger partial charge in [-0.2, -0.15) is 0 Å². The van der Waals surface area contributed by atoms with Gasteiger partial charge >= 0.3 is 0 Å². The molecule has 3 aromatic rings. The summed E-state index contributed by atoms with van der Waals surface area (Å²) in [5, 5.41) is 1.01. The number of hydrogen-bond acceptors (Lipinski definition) is 4. The molecule has 0 aliphatic carbocycles. The van der Waals surface area contributed by atoms with Crippen LogP contribution in [0.1, 0.15) is 17.2 Å². The summed E-state index contributed by atoms with van der Waals surface area (Å²) in [5.74, 6) is 0.454. The lowest BCUT2D eigenvalue weighted by Crippen LogP contribution is -2.14. The Morgan fingerprint density at radius 1 is 1.06 bits per heavy atom. The monoisotopic (exact) mass is 239 g/mol. The third-order valence-corrected chi connectivity index (χ3v) is 3.05. The van der Waals surface area contributed by atoms with Crippen LogP contribution < -0.4 is 11.5 Å². The highest BCUT2D eigenvalue weighted by Crippen LogP contribution is 2.30. The van der Waals surface area contributed by atoms with E-state index in [1.807, 2.05) is 36.4 Å². The van der Waals surface area contributed by atoms with Gasteiger partial charge in [0.05, 0.1) is 12.3 Å². The van der Waals surface area contributed by atoms with E-state index in [-0.39, 0.29) is 6.04 Å². The second-order valence-corrected chi connectivity index (χ2v) is 4.14. The van der Waals surface area contributed by atoms with E-state index in [4.69, 9.17) is 15.9 Å². The van der Waals surface area contributed by atoms with E-state index in [0.29, 0.717) is 5.82 Å². The lowest BCUT2D eigenvalue weighted by Gasteiger charge is -2.12. The van der Waals surface area contributed by atoms with Crippen molar-refractivity contribution in [3.8, 4) is 0 Å². The largest absolute Gasteiger partial charge is 0.464 e. The van der Waals surface area contributed by atoms with Gasteiger partial charge in [0.15, 0.2) is 0 Å². The number of rotatable bonds is 2. The number of aromatic nitrogens is 1. The average molecular weight is 239 g/mol. The second kappa shape index (κ2) is 4.16. The van der Waals surface area contributed by atoms with Gasteiger partial charge in [-0.3, -0.25) is 0 Å². The number of hydrogen-bond donors (Lipinski definition) is 2. The molecule has 4 heteroatoms. The molecule has 0 saturated heterocycles.